The number of benzene rings is 2. The van der Waals surface area contributed by atoms with Crippen LogP contribution in [-0.4, -0.2) is 0 Å². The van der Waals surface area contributed by atoms with Crippen molar-refractivity contribution in [1.82, 2.24) is 0 Å². The third-order valence-electron chi connectivity index (χ3n) is 3.52. The molecule has 0 spiro atoms. The van der Waals surface area contributed by atoms with Crippen LogP contribution in [-0.2, 0) is 12.8 Å². The smallest absolute Gasteiger partial charge is 0.129 e. The summed E-state index contributed by atoms with van der Waals surface area (Å²) in [6.45, 7) is 4.25. The number of hydrogen-bond donors (Lipinski definition) is 0. The second-order valence-corrected chi connectivity index (χ2v) is 5.64. The van der Waals surface area contributed by atoms with E-state index in [1.807, 2.05) is 6.07 Å². The molecule has 0 aliphatic carbocycles. The van der Waals surface area contributed by atoms with Gasteiger partial charge < -0.3 is 0 Å². The van der Waals surface area contributed by atoms with Crippen LogP contribution >= 0.6 is 23.2 Å². The Morgan fingerprint density at radius 2 is 1.70 bits per heavy atom. The average Bonchev–Trinajstić information content (AvgIpc) is 2.45. The molecule has 0 aliphatic rings. The van der Waals surface area contributed by atoms with Crippen LogP contribution in [0.25, 0.3) is 0 Å². The summed E-state index contributed by atoms with van der Waals surface area (Å²) in [5, 5.41) is -0.117. The van der Waals surface area contributed by atoms with Gasteiger partial charge in [0.15, 0.2) is 0 Å². The quantitative estimate of drug-likeness (QED) is 0.614. The summed E-state index contributed by atoms with van der Waals surface area (Å²) in [6, 6.07) is 10.7. The highest BCUT2D eigenvalue weighted by Crippen LogP contribution is 2.33. The van der Waals surface area contributed by atoms with E-state index in [4.69, 9.17) is 23.2 Å². The van der Waals surface area contributed by atoms with Crippen molar-refractivity contribution < 1.29 is 4.39 Å². The third kappa shape index (κ3) is 3.16. The molecule has 0 aromatic heterocycles. The van der Waals surface area contributed by atoms with E-state index in [0.717, 1.165) is 18.4 Å². The van der Waals surface area contributed by atoms with Crippen molar-refractivity contribution >= 4 is 23.2 Å². The molecule has 0 saturated heterocycles. The minimum absolute atomic E-state index is 0.366. The largest absolute Gasteiger partial charge is 0.207 e. The van der Waals surface area contributed by atoms with Gasteiger partial charge in [-0.05, 0) is 41.7 Å². The topological polar surface area (TPSA) is 0 Å². The maximum atomic E-state index is 13.9. The van der Waals surface area contributed by atoms with E-state index in [0.29, 0.717) is 10.6 Å². The zero-order valence-corrected chi connectivity index (χ0v) is 13.1. The van der Waals surface area contributed by atoms with Crippen molar-refractivity contribution in [3.63, 3.8) is 0 Å². The lowest BCUT2D eigenvalue weighted by Gasteiger charge is -2.15. The van der Waals surface area contributed by atoms with Crippen LogP contribution in [0, 0.1) is 5.82 Å². The zero-order valence-electron chi connectivity index (χ0n) is 11.6. The van der Waals surface area contributed by atoms with Gasteiger partial charge in [-0.2, -0.15) is 0 Å². The van der Waals surface area contributed by atoms with Gasteiger partial charge in [0, 0.05) is 10.6 Å². The summed E-state index contributed by atoms with van der Waals surface area (Å²) in [7, 11) is 0. The van der Waals surface area contributed by atoms with Gasteiger partial charge in [-0.15, -0.1) is 11.6 Å². The lowest BCUT2D eigenvalue weighted by Crippen LogP contribution is -2.00. The Hall–Kier alpha value is -1.05. The standard InChI is InChI=1S/C17H17Cl2F/c1-3-11-5-6-13(9-12(11)4-2)17(19)15-8-7-14(18)10-16(15)20/h5-10,17H,3-4H2,1-2H3. The van der Waals surface area contributed by atoms with Crippen molar-refractivity contribution in [3.8, 4) is 0 Å². The molecule has 0 amide bonds. The summed E-state index contributed by atoms with van der Waals surface area (Å²) in [4.78, 5) is 0. The number of halogens is 3. The fraction of sp³-hybridized carbons (Fsp3) is 0.294. The molecule has 0 aliphatic heterocycles. The van der Waals surface area contributed by atoms with E-state index in [1.54, 1.807) is 12.1 Å². The zero-order chi connectivity index (χ0) is 14.7. The van der Waals surface area contributed by atoms with Gasteiger partial charge in [-0.25, -0.2) is 4.39 Å². The van der Waals surface area contributed by atoms with Crippen LogP contribution in [0.2, 0.25) is 5.02 Å². The van der Waals surface area contributed by atoms with Crippen molar-refractivity contribution in [3.05, 3.63) is 69.5 Å². The van der Waals surface area contributed by atoms with E-state index in [1.165, 1.54) is 17.2 Å². The van der Waals surface area contributed by atoms with Crippen LogP contribution in [0.1, 0.15) is 41.5 Å². The molecular formula is C17H17Cl2F. The van der Waals surface area contributed by atoms with Gasteiger partial charge in [0.2, 0.25) is 0 Å². The molecule has 0 bridgehead atoms. The Morgan fingerprint density at radius 3 is 2.30 bits per heavy atom. The summed E-state index contributed by atoms with van der Waals surface area (Å²) in [5.74, 6) is -0.366. The monoisotopic (exact) mass is 310 g/mol. The maximum absolute atomic E-state index is 13.9. The van der Waals surface area contributed by atoms with Gasteiger partial charge in [0.05, 0.1) is 5.38 Å². The second kappa shape index (κ2) is 6.60. The highest BCUT2D eigenvalue weighted by atomic mass is 35.5. The normalized spacial score (nSPS) is 12.4. The van der Waals surface area contributed by atoms with E-state index >= 15 is 0 Å². The molecule has 0 radical (unpaired) electrons. The molecule has 0 heterocycles. The first kappa shape index (κ1) is 15.3. The summed E-state index contributed by atoms with van der Waals surface area (Å²) < 4.78 is 13.9. The lowest BCUT2D eigenvalue weighted by atomic mass is 9.96. The minimum atomic E-state index is -0.497. The summed E-state index contributed by atoms with van der Waals surface area (Å²) >= 11 is 12.2. The Kier molecular flexibility index (Phi) is 5.06. The highest BCUT2D eigenvalue weighted by Gasteiger charge is 2.16. The van der Waals surface area contributed by atoms with Crippen LogP contribution in [0.15, 0.2) is 36.4 Å². The molecule has 1 unspecified atom stereocenters. The van der Waals surface area contributed by atoms with Crippen molar-refractivity contribution in [2.45, 2.75) is 32.1 Å². The molecule has 3 heteroatoms. The predicted molar refractivity (Wildman–Crippen MR) is 84.3 cm³/mol. The Balaban J connectivity index is 2.40. The molecule has 20 heavy (non-hydrogen) atoms. The SMILES string of the molecule is CCc1ccc(C(Cl)c2ccc(Cl)cc2F)cc1CC. The number of rotatable bonds is 4. The first-order valence-corrected chi connectivity index (χ1v) is 7.59. The Bertz CT molecular complexity index is 608. The second-order valence-electron chi connectivity index (χ2n) is 4.76. The van der Waals surface area contributed by atoms with Crippen LogP contribution < -0.4 is 0 Å². The van der Waals surface area contributed by atoms with Crippen molar-refractivity contribution in [2.75, 3.05) is 0 Å². The number of hydrogen-bond acceptors (Lipinski definition) is 0. The molecule has 2 aromatic rings. The maximum Gasteiger partial charge on any atom is 0.129 e. The van der Waals surface area contributed by atoms with Crippen LogP contribution in [0.5, 0.6) is 0 Å². The van der Waals surface area contributed by atoms with Crippen LogP contribution in [0.3, 0.4) is 0 Å². The summed E-state index contributed by atoms with van der Waals surface area (Å²) in [6.07, 6.45) is 1.94. The van der Waals surface area contributed by atoms with Gasteiger partial charge in [-0.3, -0.25) is 0 Å². The van der Waals surface area contributed by atoms with Gasteiger partial charge in [0.25, 0.3) is 0 Å². The first-order chi connectivity index (χ1) is 9.56. The number of aryl methyl sites for hydroxylation is 2. The van der Waals surface area contributed by atoms with Crippen molar-refractivity contribution in [2.24, 2.45) is 0 Å². The third-order valence-corrected chi connectivity index (χ3v) is 4.24. The Labute approximate surface area is 129 Å². The first-order valence-electron chi connectivity index (χ1n) is 6.77. The molecule has 0 fully saturated rings. The lowest BCUT2D eigenvalue weighted by molar-refractivity contribution is 0.612. The van der Waals surface area contributed by atoms with Crippen molar-refractivity contribution in [1.29, 1.82) is 0 Å². The van der Waals surface area contributed by atoms with Crippen LogP contribution in [0.4, 0.5) is 4.39 Å². The highest BCUT2D eigenvalue weighted by molar-refractivity contribution is 6.30. The molecule has 0 nitrogen and oxygen atoms in total. The van der Waals surface area contributed by atoms with E-state index < -0.39 is 5.38 Å². The molecule has 2 aromatic carbocycles. The van der Waals surface area contributed by atoms with Gasteiger partial charge in [0.1, 0.15) is 5.82 Å². The molecule has 2 rings (SSSR count). The van der Waals surface area contributed by atoms with E-state index in [9.17, 15) is 4.39 Å². The molecule has 0 saturated carbocycles. The minimum Gasteiger partial charge on any atom is -0.207 e. The molecule has 106 valence electrons. The predicted octanol–water partition coefficient (Wildman–Crippen LogP) is 5.93. The Morgan fingerprint density at radius 1 is 1.00 bits per heavy atom. The molecule has 1 atom stereocenters. The van der Waals surface area contributed by atoms with Gasteiger partial charge >= 0.3 is 0 Å². The number of alkyl halides is 1. The summed E-state index contributed by atoms with van der Waals surface area (Å²) in [5.41, 5.74) is 3.96. The average molecular weight is 311 g/mol. The van der Waals surface area contributed by atoms with E-state index in [2.05, 4.69) is 26.0 Å². The molecular weight excluding hydrogens is 294 g/mol. The molecule has 0 N–H and O–H groups in total. The fourth-order valence-electron chi connectivity index (χ4n) is 2.36. The van der Waals surface area contributed by atoms with E-state index in [-0.39, 0.29) is 5.82 Å². The fourth-order valence-corrected chi connectivity index (χ4v) is 2.84. The van der Waals surface area contributed by atoms with Gasteiger partial charge in [-0.1, -0.05) is 49.7 Å².